The molecule has 1 aromatic carbocycles. The van der Waals surface area contributed by atoms with Gasteiger partial charge < -0.3 is 10.5 Å². The molecular formula is C13H15BrN2OS. The van der Waals surface area contributed by atoms with E-state index in [1.54, 1.807) is 18.4 Å². The third kappa shape index (κ3) is 2.74. The van der Waals surface area contributed by atoms with Gasteiger partial charge in [-0.05, 0) is 34.1 Å². The highest BCUT2D eigenvalue weighted by Gasteiger charge is 2.11. The predicted molar refractivity (Wildman–Crippen MR) is 79.3 cm³/mol. The van der Waals surface area contributed by atoms with Crippen molar-refractivity contribution in [2.45, 2.75) is 12.8 Å². The Balaban J connectivity index is 2.31. The lowest BCUT2D eigenvalue weighted by Crippen LogP contribution is -2.08. The number of methoxy groups -OCH3 is 1. The quantitative estimate of drug-likeness (QED) is 0.933. The number of nitrogens with two attached hydrogens (primary N) is 1. The summed E-state index contributed by atoms with van der Waals surface area (Å²) in [5.41, 5.74) is 7.80. The highest BCUT2D eigenvalue weighted by atomic mass is 79.9. The zero-order valence-electron chi connectivity index (χ0n) is 10.3. The minimum Gasteiger partial charge on any atom is -0.496 e. The smallest absolute Gasteiger partial charge is 0.133 e. The topological polar surface area (TPSA) is 48.1 Å². The van der Waals surface area contributed by atoms with E-state index >= 15 is 0 Å². The number of halogens is 1. The molecule has 1 heterocycles. The summed E-state index contributed by atoms with van der Waals surface area (Å²) in [4.78, 5) is 4.62. The fourth-order valence-electron chi connectivity index (χ4n) is 1.57. The van der Waals surface area contributed by atoms with Gasteiger partial charge in [-0.15, -0.1) is 11.3 Å². The molecule has 0 aliphatic heterocycles. The summed E-state index contributed by atoms with van der Waals surface area (Å²) in [6.45, 7) is 2.71. The van der Waals surface area contributed by atoms with Crippen LogP contribution in [-0.4, -0.2) is 18.6 Å². The molecule has 18 heavy (non-hydrogen) atoms. The summed E-state index contributed by atoms with van der Waals surface area (Å²) in [5, 5.41) is 3.08. The van der Waals surface area contributed by atoms with Gasteiger partial charge in [-0.25, -0.2) is 4.98 Å². The number of ether oxygens (including phenoxy) is 1. The molecule has 2 N–H and O–H groups in total. The molecule has 0 aliphatic rings. The van der Waals surface area contributed by atoms with Crippen molar-refractivity contribution < 1.29 is 4.74 Å². The highest BCUT2D eigenvalue weighted by molar-refractivity contribution is 9.10. The largest absolute Gasteiger partial charge is 0.496 e. The Labute approximate surface area is 119 Å². The van der Waals surface area contributed by atoms with Gasteiger partial charge in [0, 0.05) is 23.4 Å². The summed E-state index contributed by atoms with van der Waals surface area (Å²) in [6.07, 6.45) is 0. The van der Waals surface area contributed by atoms with Crippen molar-refractivity contribution in [3.8, 4) is 16.3 Å². The van der Waals surface area contributed by atoms with Crippen LogP contribution in [0, 0.1) is 0 Å². The van der Waals surface area contributed by atoms with Gasteiger partial charge in [0.05, 0.1) is 17.3 Å². The molecular weight excluding hydrogens is 312 g/mol. The Morgan fingerprint density at radius 1 is 1.50 bits per heavy atom. The zero-order chi connectivity index (χ0) is 13.1. The van der Waals surface area contributed by atoms with E-state index in [-0.39, 0.29) is 0 Å². The van der Waals surface area contributed by atoms with Crippen LogP contribution in [0.15, 0.2) is 28.1 Å². The van der Waals surface area contributed by atoms with E-state index in [1.165, 1.54) is 0 Å². The molecule has 1 unspecified atom stereocenters. The minimum atomic E-state index is 0.302. The first-order chi connectivity index (χ1) is 8.65. The van der Waals surface area contributed by atoms with Crippen molar-refractivity contribution in [2.75, 3.05) is 13.7 Å². The van der Waals surface area contributed by atoms with Crippen molar-refractivity contribution in [2.24, 2.45) is 5.73 Å². The predicted octanol–water partition coefficient (Wildman–Crippen LogP) is 3.64. The second kappa shape index (κ2) is 5.82. The summed E-state index contributed by atoms with van der Waals surface area (Å²) < 4.78 is 6.15. The van der Waals surface area contributed by atoms with E-state index in [4.69, 9.17) is 10.5 Å². The van der Waals surface area contributed by atoms with E-state index in [9.17, 15) is 0 Å². The van der Waals surface area contributed by atoms with Gasteiger partial charge in [0.2, 0.25) is 0 Å². The minimum absolute atomic E-state index is 0.302. The first-order valence-electron chi connectivity index (χ1n) is 5.65. The molecule has 1 aromatic heterocycles. The fraction of sp³-hybridized carbons (Fsp3) is 0.308. The van der Waals surface area contributed by atoms with Crippen LogP contribution in [-0.2, 0) is 0 Å². The molecule has 0 spiro atoms. The first kappa shape index (κ1) is 13.5. The maximum atomic E-state index is 5.65. The van der Waals surface area contributed by atoms with Crippen LogP contribution in [0.4, 0.5) is 0 Å². The van der Waals surface area contributed by atoms with Crippen LogP contribution in [0.2, 0.25) is 0 Å². The monoisotopic (exact) mass is 326 g/mol. The van der Waals surface area contributed by atoms with E-state index in [0.717, 1.165) is 26.5 Å². The van der Waals surface area contributed by atoms with Crippen molar-refractivity contribution in [3.63, 3.8) is 0 Å². The van der Waals surface area contributed by atoms with Gasteiger partial charge in [-0.1, -0.05) is 6.92 Å². The number of aromatic nitrogens is 1. The fourth-order valence-corrected chi connectivity index (χ4v) is 3.04. The molecule has 0 saturated heterocycles. The van der Waals surface area contributed by atoms with Gasteiger partial charge >= 0.3 is 0 Å². The summed E-state index contributed by atoms with van der Waals surface area (Å²) in [7, 11) is 1.66. The van der Waals surface area contributed by atoms with Crippen molar-refractivity contribution >= 4 is 27.3 Å². The van der Waals surface area contributed by atoms with E-state index in [2.05, 4.69) is 33.2 Å². The van der Waals surface area contributed by atoms with Gasteiger partial charge in [0.25, 0.3) is 0 Å². The molecule has 2 aromatic rings. The lowest BCUT2D eigenvalue weighted by atomic mass is 10.1. The molecule has 1 atom stereocenters. The van der Waals surface area contributed by atoms with Crippen LogP contribution >= 0.6 is 27.3 Å². The average molecular weight is 327 g/mol. The number of hydrogen-bond acceptors (Lipinski definition) is 4. The molecule has 96 valence electrons. The Hall–Kier alpha value is -0.910. The van der Waals surface area contributed by atoms with Crippen LogP contribution in [0.3, 0.4) is 0 Å². The second-order valence-electron chi connectivity index (χ2n) is 4.06. The van der Waals surface area contributed by atoms with Crippen LogP contribution in [0.5, 0.6) is 5.75 Å². The van der Waals surface area contributed by atoms with E-state index in [0.29, 0.717) is 12.5 Å². The number of rotatable bonds is 4. The third-order valence-electron chi connectivity index (χ3n) is 2.78. The Bertz CT molecular complexity index is 542. The van der Waals surface area contributed by atoms with Crippen LogP contribution in [0.25, 0.3) is 10.6 Å². The van der Waals surface area contributed by atoms with Crippen molar-refractivity contribution in [3.05, 3.63) is 33.7 Å². The molecule has 0 bridgehead atoms. The molecule has 3 nitrogen and oxygen atoms in total. The maximum Gasteiger partial charge on any atom is 0.133 e. The van der Waals surface area contributed by atoms with Crippen molar-refractivity contribution in [1.82, 2.24) is 4.98 Å². The lowest BCUT2D eigenvalue weighted by Gasteiger charge is -2.05. The molecule has 0 aliphatic carbocycles. The van der Waals surface area contributed by atoms with E-state index < -0.39 is 0 Å². The second-order valence-corrected chi connectivity index (χ2v) is 5.78. The summed E-state index contributed by atoms with van der Waals surface area (Å²) in [6, 6.07) is 5.97. The van der Waals surface area contributed by atoms with E-state index in [1.807, 2.05) is 18.2 Å². The summed E-state index contributed by atoms with van der Waals surface area (Å²) in [5.74, 6) is 1.13. The Morgan fingerprint density at radius 2 is 2.28 bits per heavy atom. The first-order valence-corrected chi connectivity index (χ1v) is 7.32. The molecule has 0 amide bonds. The zero-order valence-corrected chi connectivity index (χ0v) is 12.7. The Kier molecular flexibility index (Phi) is 4.37. The Morgan fingerprint density at radius 3 is 2.89 bits per heavy atom. The maximum absolute atomic E-state index is 5.65. The molecule has 0 saturated carbocycles. The number of benzene rings is 1. The standard InChI is InChI=1S/C13H15BrN2OS/c1-8(6-15)11-7-18-13(16-11)9-3-4-12(17-2)10(14)5-9/h3-5,7-8H,6,15H2,1-2H3. The van der Waals surface area contributed by atoms with Gasteiger partial charge in [-0.2, -0.15) is 0 Å². The number of hydrogen-bond donors (Lipinski definition) is 1. The SMILES string of the molecule is COc1ccc(-c2nc(C(C)CN)cs2)cc1Br. The molecule has 0 radical (unpaired) electrons. The van der Waals surface area contributed by atoms with Crippen LogP contribution in [0.1, 0.15) is 18.5 Å². The normalized spacial score (nSPS) is 12.4. The van der Waals surface area contributed by atoms with Gasteiger partial charge in [0.1, 0.15) is 10.8 Å². The van der Waals surface area contributed by atoms with Gasteiger partial charge in [0.15, 0.2) is 0 Å². The number of thiazole rings is 1. The van der Waals surface area contributed by atoms with Gasteiger partial charge in [-0.3, -0.25) is 0 Å². The van der Waals surface area contributed by atoms with Crippen molar-refractivity contribution in [1.29, 1.82) is 0 Å². The molecule has 0 fully saturated rings. The number of nitrogens with zero attached hydrogens (tertiary/aromatic N) is 1. The van der Waals surface area contributed by atoms with Crippen LogP contribution < -0.4 is 10.5 Å². The highest BCUT2D eigenvalue weighted by Crippen LogP contribution is 2.32. The molecule has 2 rings (SSSR count). The average Bonchev–Trinajstić information content (AvgIpc) is 2.87. The summed E-state index contributed by atoms with van der Waals surface area (Å²) >= 11 is 5.13. The third-order valence-corrected chi connectivity index (χ3v) is 4.31. The molecule has 5 heteroatoms. The lowest BCUT2D eigenvalue weighted by molar-refractivity contribution is 0.412.